The number of nitrogens with zero attached hydrogens (tertiary/aromatic N) is 2. The third-order valence-electron chi connectivity index (χ3n) is 3.86. The lowest BCUT2D eigenvalue weighted by Crippen LogP contribution is -2.19. The van der Waals surface area contributed by atoms with Crippen molar-refractivity contribution < 1.29 is 0 Å². The van der Waals surface area contributed by atoms with E-state index in [2.05, 4.69) is 32.7 Å². The third kappa shape index (κ3) is 3.23. The number of hydrogen-bond donors (Lipinski definition) is 0. The van der Waals surface area contributed by atoms with Crippen LogP contribution < -0.4 is 0 Å². The first kappa shape index (κ1) is 13.8. The molecule has 18 heavy (non-hydrogen) atoms. The fraction of sp³-hybridized carbons (Fsp3) is 0.733. The molecule has 0 amide bonds. The average molecular weight is 267 g/mol. The molecule has 1 aliphatic rings. The maximum Gasteiger partial charge on any atom is 0.133 e. The Bertz CT molecular complexity index is 415. The molecule has 0 bridgehead atoms. The molecule has 3 heteroatoms. The molecule has 2 nitrogen and oxygen atoms in total. The van der Waals surface area contributed by atoms with Gasteiger partial charge in [0.25, 0.3) is 0 Å². The van der Waals surface area contributed by atoms with Crippen molar-refractivity contribution in [1.82, 2.24) is 9.97 Å². The summed E-state index contributed by atoms with van der Waals surface area (Å²) in [6.45, 7) is 8.82. The molecular weight excluding hydrogens is 244 g/mol. The van der Waals surface area contributed by atoms with Crippen LogP contribution >= 0.6 is 11.6 Å². The van der Waals surface area contributed by atoms with Gasteiger partial charge in [-0.2, -0.15) is 0 Å². The molecule has 1 saturated carbocycles. The van der Waals surface area contributed by atoms with Crippen molar-refractivity contribution in [3.63, 3.8) is 0 Å². The molecule has 0 radical (unpaired) electrons. The van der Waals surface area contributed by atoms with Crippen LogP contribution in [0.2, 0.25) is 5.15 Å². The van der Waals surface area contributed by atoms with Crippen LogP contribution in [0, 0.1) is 5.92 Å². The van der Waals surface area contributed by atoms with Crippen molar-refractivity contribution in [2.24, 2.45) is 5.92 Å². The van der Waals surface area contributed by atoms with Crippen LogP contribution in [0.5, 0.6) is 0 Å². The topological polar surface area (TPSA) is 25.8 Å². The fourth-order valence-electron chi connectivity index (χ4n) is 2.52. The second kappa shape index (κ2) is 5.16. The first-order valence-corrected chi connectivity index (χ1v) is 7.29. The fourth-order valence-corrected chi connectivity index (χ4v) is 2.71. The summed E-state index contributed by atoms with van der Waals surface area (Å²) in [7, 11) is 0. The number of hydrogen-bond acceptors (Lipinski definition) is 2. The average Bonchev–Trinajstić information content (AvgIpc) is 2.28. The second-order valence-electron chi connectivity index (χ2n) is 6.64. The number of rotatable bonds is 1. The van der Waals surface area contributed by atoms with E-state index in [0.717, 1.165) is 17.4 Å². The van der Waals surface area contributed by atoms with Gasteiger partial charge in [0.1, 0.15) is 11.0 Å². The Morgan fingerprint density at radius 2 is 1.72 bits per heavy atom. The molecule has 0 aromatic carbocycles. The summed E-state index contributed by atoms with van der Waals surface area (Å²) >= 11 is 6.15. The largest absolute Gasteiger partial charge is 0.237 e. The molecular formula is C15H23ClN2. The predicted octanol–water partition coefficient (Wildman–Crippen LogP) is 4.72. The van der Waals surface area contributed by atoms with Crippen molar-refractivity contribution in [3.8, 4) is 0 Å². The van der Waals surface area contributed by atoms with Crippen molar-refractivity contribution in [1.29, 1.82) is 0 Å². The van der Waals surface area contributed by atoms with Crippen LogP contribution in [0.3, 0.4) is 0 Å². The van der Waals surface area contributed by atoms with Gasteiger partial charge in [-0.3, -0.25) is 0 Å². The van der Waals surface area contributed by atoms with Crippen LogP contribution in [0.25, 0.3) is 0 Å². The molecule has 1 fully saturated rings. The van der Waals surface area contributed by atoms with Gasteiger partial charge in [0.05, 0.1) is 5.69 Å². The van der Waals surface area contributed by atoms with Crippen molar-refractivity contribution in [2.75, 3.05) is 0 Å². The van der Waals surface area contributed by atoms with Gasteiger partial charge in [0.2, 0.25) is 0 Å². The van der Waals surface area contributed by atoms with E-state index in [-0.39, 0.29) is 5.41 Å². The summed E-state index contributed by atoms with van der Waals surface area (Å²) in [4.78, 5) is 9.21. The van der Waals surface area contributed by atoms with Crippen LogP contribution in [0.1, 0.15) is 70.8 Å². The second-order valence-corrected chi connectivity index (χ2v) is 7.03. The third-order valence-corrected chi connectivity index (χ3v) is 4.06. The lowest BCUT2D eigenvalue weighted by molar-refractivity contribution is 0.338. The van der Waals surface area contributed by atoms with Gasteiger partial charge < -0.3 is 0 Å². The summed E-state index contributed by atoms with van der Waals surface area (Å²) in [6.07, 6.45) is 4.97. The van der Waals surface area contributed by atoms with Gasteiger partial charge in [-0.05, 0) is 24.8 Å². The minimum absolute atomic E-state index is 0.0310. The van der Waals surface area contributed by atoms with E-state index >= 15 is 0 Å². The van der Waals surface area contributed by atoms with Gasteiger partial charge >= 0.3 is 0 Å². The van der Waals surface area contributed by atoms with Crippen molar-refractivity contribution in [2.45, 2.75) is 64.7 Å². The maximum atomic E-state index is 6.15. The van der Waals surface area contributed by atoms with E-state index in [1.165, 1.54) is 25.7 Å². The number of aromatic nitrogens is 2. The summed E-state index contributed by atoms with van der Waals surface area (Å²) in [5.74, 6) is 2.31. The molecule has 1 aliphatic carbocycles. The first-order valence-electron chi connectivity index (χ1n) is 6.91. The minimum Gasteiger partial charge on any atom is -0.237 e. The summed E-state index contributed by atoms with van der Waals surface area (Å²) in [6, 6.07) is 1.90. The Morgan fingerprint density at radius 3 is 2.28 bits per heavy atom. The highest BCUT2D eigenvalue weighted by atomic mass is 35.5. The predicted molar refractivity (Wildman–Crippen MR) is 76.1 cm³/mol. The standard InChI is InChI=1S/C15H23ClN2/c1-10-5-7-11(8-6-10)14-17-12(15(2,3)4)9-13(16)18-14/h9-11H,5-8H2,1-4H3. The summed E-state index contributed by atoms with van der Waals surface area (Å²) in [5.41, 5.74) is 1.08. The van der Waals surface area contributed by atoms with E-state index in [4.69, 9.17) is 16.6 Å². The van der Waals surface area contributed by atoms with E-state index in [1.54, 1.807) is 0 Å². The molecule has 0 aliphatic heterocycles. The highest BCUT2D eigenvalue weighted by Gasteiger charge is 2.24. The smallest absolute Gasteiger partial charge is 0.133 e. The van der Waals surface area contributed by atoms with Gasteiger partial charge in [-0.25, -0.2) is 9.97 Å². The Morgan fingerprint density at radius 1 is 1.11 bits per heavy atom. The van der Waals surface area contributed by atoms with Gasteiger partial charge in [-0.15, -0.1) is 0 Å². The van der Waals surface area contributed by atoms with Crippen LogP contribution in [-0.4, -0.2) is 9.97 Å². The summed E-state index contributed by atoms with van der Waals surface area (Å²) in [5, 5.41) is 0.587. The highest BCUT2D eigenvalue weighted by Crippen LogP contribution is 2.35. The van der Waals surface area contributed by atoms with Gasteiger partial charge in [0, 0.05) is 11.3 Å². The minimum atomic E-state index is 0.0310. The number of halogens is 1. The molecule has 2 rings (SSSR count). The van der Waals surface area contributed by atoms with Gasteiger partial charge in [0.15, 0.2) is 0 Å². The SMILES string of the molecule is CC1CCC(c2nc(Cl)cc(C(C)(C)C)n2)CC1. The molecule has 100 valence electrons. The molecule has 0 atom stereocenters. The molecule has 0 spiro atoms. The molecule has 0 unspecified atom stereocenters. The Labute approximate surface area is 115 Å². The monoisotopic (exact) mass is 266 g/mol. The van der Waals surface area contributed by atoms with Crippen molar-refractivity contribution >= 4 is 11.6 Å². The molecule has 1 heterocycles. The normalized spacial score (nSPS) is 25.2. The highest BCUT2D eigenvalue weighted by molar-refractivity contribution is 6.29. The van der Waals surface area contributed by atoms with Crippen LogP contribution in [0.15, 0.2) is 6.07 Å². The van der Waals surface area contributed by atoms with E-state index < -0.39 is 0 Å². The van der Waals surface area contributed by atoms with E-state index in [1.807, 2.05) is 6.07 Å². The molecule has 0 saturated heterocycles. The zero-order chi connectivity index (χ0) is 13.3. The summed E-state index contributed by atoms with van der Waals surface area (Å²) < 4.78 is 0. The molecule has 0 N–H and O–H groups in total. The van der Waals surface area contributed by atoms with Gasteiger partial charge in [-0.1, -0.05) is 52.1 Å². The first-order chi connectivity index (χ1) is 8.36. The lowest BCUT2D eigenvalue weighted by Gasteiger charge is -2.26. The van der Waals surface area contributed by atoms with Crippen LogP contribution in [-0.2, 0) is 5.41 Å². The zero-order valence-electron chi connectivity index (χ0n) is 11.8. The van der Waals surface area contributed by atoms with E-state index in [9.17, 15) is 0 Å². The Hall–Kier alpha value is -0.630. The quantitative estimate of drug-likeness (QED) is 0.687. The zero-order valence-corrected chi connectivity index (χ0v) is 12.6. The molecule has 1 aromatic heterocycles. The van der Waals surface area contributed by atoms with Crippen molar-refractivity contribution in [3.05, 3.63) is 22.7 Å². The molecule has 1 aromatic rings. The Balaban J connectivity index is 2.25. The lowest BCUT2D eigenvalue weighted by atomic mass is 9.82. The Kier molecular flexibility index (Phi) is 3.96. The maximum absolute atomic E-state index is 6.15. The van der Waals surface area contributed by atoms with E-state index in [0.29, 0.717) is 11.1 Å². The van der Waals surface area contributed by atoms with Crippen LogP contribution in [0.4, 0.5) is 0 Å².